The Labute approximate surface area is 126 Å². The molecular formula is C15H20N2O3S. The van der Waals surface area contributed by atoms with Gasteiger partial charge in [0, 0.05) is 35.3 Å². The minimum atomic E-state index is -0.940. The number of imidazole rings is 1. The molecule has 0 aliphatic heterocycles. The lowest BCUT2D eigenvalue weighted by atomic mass is 10.2. The molecule has 0 fully saturated rings. The third-order valence-electron chi connectivity index (χ3n) is 3.59. The van der Waals surface area contributed by atoms with Crippen LogP contribution in [0.1, 0.15) is 42.5 Å². The summed E-state index contributed by atoms with van der Waals surface area (Å²) in [6.07, 6.45) is 3.25. The summed E-state index contributed by atoms with van der Waals surface area (Å²) in [5.74, 6) is 0.620. The number of nitrogens with zero attached hydrogens (tertiary/aromatic N) is 2. The van der Waals surface area contributed by atoms with E-state index in [2.05, 4.69) is 16.5 Å². The fourth-order valence-electron chi connectivity index (χ4n) is 2.48. The van der Waals surface area contributed by atoms with Crippen molar-refractivity contribution in [1.82, 2.24) is 9.55 Å². The fourth-order valence-corrected chi connectivity index (χ4v) is 3.16. The highest BCUT2D eigenvalue weighted by molar-refractivity contribution is 7.84. The number of benzene rings is 1. The lowest BCUT2D eigenvalue weighted by Crippen LogP contribution is -2.12. The van der Waals surface area contributed by atoms with Crippen LogP contribution in [0.3, 0.4) is 0 Å². The Balaban J connectivity index is 2.50. The number of aromatic nitrogens is 2. The summed E-state index contributed by atoms with van der Waals surface area (Å²) in [6.45, 7) is 4.08. The zero-order valence-corrected chi connectivity index (χ0v) is 13.3. The first-order valence-electron chi connectivity index (χ1n) is 6.98. The molecule has 0 bridgehead atoms. The SMILES string of the molecule is CCc1nc2ccc(C(=O)O)cc2n1C(C)CCS(C)=O. The molecule has 0 spiro atoms. The highest BCUT2D eigenvalue weighted by atomic mass is 32.2. The summed E-state index contributed by atoms with van der Waals surface area (Å²) in [6, 6.07) is 5.13. The second-order valence-corrected chi connectivity index (χ2v) is 6.73. The molecule has 2 atom stereocenters. The molecule has 0 aliphatic carbocycles. The minimum Gasteiger partial charge on any atom is -0.478 e. The molecule has 5 nitrogen and oxygen atoms in total. The maximum Gasteiger partial charge on any atom is 0.335 e. The van der Waals surface area contributed by atoms with Crippen molar-refractivity contribution in [2.24, 2.45) is 0 Å². The second-order valence-electron chi connectivity index (χ2n) is 5.18. The average Bonchev–Trinajstić information content (AvgIpc) is 2.82. The normalized spacial score (nSPS) is 14.2. The average molecular weight is 308 g/mol. The Morgan fingerprint density at radius 3 is 2.76 bits per heavy atom. The quantitative estimate of drug-likeness (QED) is 0.890. The zero-order chi connectivity index (χ0) is 15.6. The van der Waals surface area contributed by atoms with E-state index in [4.69, 9.17) is 5.11 Å². The van der Waals surface area contributed by atoms with Crippen LogP contribution in [0, 0.1) is 0 Å². The standard InChI is InChI=1S/C15H20N2O3S/c1-4-14-16-12-6-5-11(15(18)19)9-13(12)17(14)10(2)7-8-21(3)20/h5-6,9-10H,4,7-8H2,1-3H3,(H,18,19). The molecule has 0 saturated heterocycles. The molecule has 0 radical (unpaired) electrons. The summed E-state index contributed by atoms with van der Waals surface area (Å²) in [5, 5.41) is 9.14. The van der Waals surface area contributed by atoms with Crippen LogP contribution in [-0.4, -0.2) is 36.8 Å². The van der Waals surface area contributed by atoms with Crippen LogP contribution in [0.4, 0.5) is 0 Å². The Morgan fingerprint density at radius 1 is 1.48 bits per heavy atom. The summed E-state index contributed by atoms with van der Waals surface area (Å²) in [4.78, 5) is 15.7. The maximum absolute atomic E-state index is 11.3. The summed E-state index contributed by atoms with van der Waals surface area (Å²) in [5.41, 5.74) is 1.90. The maximum atomic E-state index is 11.3. The van der Waals surface area contributed by atoms with E-state index in [-0.39, 0.29) is 11.6 Å². The number of aromatic carboxylic acids is 1. The van der Waals surface area contributed by atoms with E-state index >= 15 is 0 Å². The van der Waals surface area contributed by atoms with Crippen LogP contribution in [-0.2, 0) is 17.2 Å². The van der Waals surface area contributed by atoms with Crippen molar-refractivity contribution in [3.05, 3.63) is 29.6 Å². The molecule has 2 unspecified atom stereocenters. The molecule has 2 rings (SSSR count). The van der Waals surface area contributed by atoms with Gasteiger partial charge in [0.2, 0.25) is 0 Å². The number of fused-ring (bicyclic) bond motifs is 1. The van der Waals surface area contributed by atoms with Gasteiger partial charge in [-0.2, -0.15) is 0 Å². The smallest absolute Gasteiger partial charge is 0.335 e. The Bertz CT molecular complexity index is 694. The zero-order valence-electron chi connectivity index (χ0n) is 12.5. The first-order chi connectivity index (χ1) is 9.93. The van der Waals surface area contributed by atoms with Crippen LogP contribution in [0.25, 0.3) is 11.0 Å². The number of rotatable bonds is 6. The summed E-state index contributed by atoms with van der Waals surface area (Å²) < 4.78 is 13.4. The van der Waals surface area contributed by atoms with Gasteiger partial charge in [0.15, 0.2) is 0 Å². The molecule has 2 aromatic rings. The van der Waals surface area contributed by atoms with Crippen molar-refractivity contribution in [1.29, 1.82) is 0 Å². The predicted octanol–water partition coefficient (Wildman–Crippen LogP) is 2.63. The highest BCUT2D eigenvalue weighted by Crippen LogP contribution is 2.25. The number of aryl methyl sites for hydroxylation is 1. The van der Waals surface area contributed by atoms with Gasteiger partial charge in [-0.1, -0.05) is 6.92 Å². The molecule has 21 heavy (non-hydrogen) atoms. The highest BCUT2D eigenvalue weighted by Gasteiger charge is 2.16. The van der Waals surface area contributed by atoms with Crippen molar-refractivity contribution in [2.75, 3.05) is 12.0 Å². The monoisotopic (exact) mass is 308 g/mol. The second kappa shape index (κ2) is 6.39. The van der Waals surface area contributed by atoms with Crippen molar-refractivity contribution in [2.45, 2.75) is 32.7 Å². The van der Waals surface area contributed by atoms with Gasteiger partial charge in [-0.3, -0.25) is 4.21 Å². The Hall–Kier alpha value is -1.69. The molecule has 0 saturated carbocycles. The Kier molecular flexibility index (Phi) is 4.77. The molecule has 6 heteroatoms. The van der Waals surface area contributed by atoms with Gasteiger partial charge in [0.1, 0.15) is 5.82 Å². The molecule has 1 heterocycles. The van der Waals surface area contributed by atoms with Crippen LogP contribution in [0.5, 0.6) is 0 Å². The third kappa shape index (κ3) is 3.32. The van der Waals surface area contributed by atoms with E-state index in [1.807, 2.05) is 6.92 Å². The molecule has 0 aliphatic rings. The fraction of sp³-hybridized carbons (Fsp3) is 0.467. The van der Waals surface area contributed by atoms with E-state index in [1.165, 1.54) is 0 Å². The van der Waals surface area contributed by atoms with E-state index in [0.29, 0.717) is 5.75 Å². The van der Waals surface area contributed by atoms with Gasteiger partial charge in [0.25, 0.3) is 0 Å². The predicted molar refractivity (Wildman–Crippen MR) is 84.3 cm³/mol. The van der Waals surface area contributed by atoms with Crippen LogP contribution in [0.15, 0.2) is 18.2 Å². The van der Waals surface area contributed by atoms with Crippen LogP contribution >= 0.6 is 0 Å². The van der Waals surface area contributed by atoms with Gasteiger partial charge in [-0.15, -0.1) is 0 Å². The molecule has 1 N–H and O–H groups in total. The largest absolute Gasteiger partial charge is 0.478 e. The number of carboxylic acids is 1. The lowest BCUT2D eigenvalue weighted by molar-refractivity contribution is 0.0697. The van der Waals surface area contributed by atoms with Crippen molar-refractivity contribution in [3.63, 3.8) is 0 Å². The lowest BCUT2D eigenvalue weighted by Gasteiger charge is -2.17. The van der Waals surface area contributed by atoms with Gasteiger partial charge in [-0.25, -0.2) is 9.78 Å². The number of hydrogen-bond acceptors (Lipinski definition) is 3. The van der Waals surface area contributed by atoms with Gasteiger partial charge in [0.05, 0.1) is 16.6 Å². The van der Waals surface area contributed by atoms with Crippen molar-refractivity contribution in [3.8, 4) is 0 Å². The number of carboxylic acid groups (broad SMARTS) is 1. The van der Waals surface area contributed by atoms with E-state index in [0.717, 1.165) is 29.7 Å². The van der Waals surface area contributed by atoms with Gasteiger partial charge >= 0.3 is 5.97 Å². The third-order valence-corrected chi connectivity index (χ3v) is 4.40. The number of carbonyl (C=O) groups is 1. The van der Waals surface area contributed by atoms with Gasteiger partial charge in [-0.05, 0) is 31.5 Å². The van der Waals surface area contributed by atoms with Gasteiger partial charge < -0.3 is 9.67 Å². The summed E-state index contributed by atoms with van der Waals surface area (Å²) >= 11 is 0. The topological polar surface area (TPSA) is 72.2 Å². The first kappa shape index (κ1) is 15.7. The van der Waals surface area contributed by atoms with Crippen molar-refractivity contribution < 1.29 is 14.1 Å². The van der Waals surface area contributed by atoms with Crippen LogP contribution in [0.2, 0.25) is 0 Å². The Morgan fingerprint density at radius 2 is 2.19 bits per heavy atom. The van der Waals surface area contributed by atoms with E-state index in [1.54, 1.807) is 24.5 Å². The summed E-state index contributed by atoms with van der Waals surface area (Å²) in [7, 11) is -0.830. The molecule has 1 aromatic carbocycles. The molecular weight excluding hydrogens is 288 g/mol. The molecule has 0 amide bonds. The molecule has 114 valence electrons. The number of hydrogen-bond donors (Lipinski definition) is 1. The molecule has 1 aromatic heterocycles. The minimum absolute atomic E-state index is 0.137. The van der Waals surface area contributed by atoms with Crippen molar-refractivity contribution >= 4 is 27.8 Å². The van der Waals surface area contributed by atoms with E-state index in [9.17, 15) is 9.00 Å². The van der Waals surface area contributed by atoms with Crippen LogP contribution < -0.4 is 0 Å². The first-order valence-corrected chi connectivity index (χ1v) is 8.71. The van der Waals surface area contributed by atoms with E-state index < -0.39 is 16.8 Å².